The fourth-order valence-electron chi connectivity index (χ4n) is 4.37. The first-order chi connectivity index (χ1) is 11.2. The van der Waals surface area contributed by atoms with Crippen molar-refractivity contribution in [3.8, 4) is 11.1 Å². The van der Waals surface area contributed by atoms with E-state index < -0.39 is 0 Å². The standard InChI is InChI=1S/C23H18/c1-15-9-10-19-20(13-15)23(11-5-6-12-23)21-14-16(2)17-7-3-4-8-18(17)22(19)21/h3-14H,1-2H3. The van der Waals surface area contributed by atoms with Gasteiger partial charge >= 0.3 is 0 Å². The van der Waals surface area contributed by atoms with Gasteiger partial charge in [-0.05, 0) is 52.4 Å². The highest BCUT2D eigenvalue weighted by atomic mass is 14.4. The number of hydrogen-bond donors (Lipinski definition) is 0. The van der Waals surface area contributed by atoms with Crippen LogP contribution in [-0.2, 0) is 5.41 Å². The second kappa shape index (κ2) is 4.23. The van der Waals surface area contributed by atoms with Crippen LogP contribution < -0.4 is 0 Å². The van der Waals surface area contributed by atoms with Crippen LogP contribution in [0.5, 0.6) is 0 Å². The van der Waals surface area contributed by atoms with Gasteiger partial charge in [-0.1, -0.05) is 78.4 Å². The maximum absolute atomic E-state index is 2.40. The van der Waals surface area contributed by atoms with Crippen molar-refractivity contribution in [2.75, 3.05) is 0 Å². The van der Waals surface area contributed by atoms with Crippen LogP contribution in [0.25, 0.3) is 21.9 Å². The smallest absolute Gasteiger partial charge is 0.0581 e. The molecule has 0 atom stereocenters. The first-order valence-corrected chi connectivity index (χ1v) is 8.22. The number of rotatable bonds is 0. The van der Waals surface area contributed by atoms with Crippen molar-refractivity contribution < 1.29 is 0 Å². The van der Waals surface area contributed by atoms with Crippen molar-refractivity contribution in [1.29, 1.82) is 0 Å². The molecule has 0 nitrogen and oxygen atoms in total. The summed E-state index contributed by atoms with van der Waals surface area (Å²) in [6.45, 7) is 4.41. The molecule has 0 aromatic heterocycles. The van der Waals surface area contributed by atoms with E-state index in [4.69, 9.17) is 0 Å². The molecule has 3 aromatic rings. The molecule has 1 spiro atoms. The molecule has 0 saturated heterocycles. The molecule has 0 aliphatic heterocycles. The molecule has 2 aliphatic rings. The van der Waals surface area contributed by atoms with E-state index >= 15 is 0 Å². The number of benzene rings is 3. The van der Waals surface area contributed by atoms with Crippen LogP contribution in [0.1, 0.15) is 22.3 Å². The summed E-state index contributed by atoms with van der Waals surface area (Å²) in [7, 11) is 0. The Morgan fingerprint density at radius 1 is 0.739 bits per heavy atom. The van der Waals surface area contributed by atoms with E-state index in [9.17, 15) is 0 Å². The summed E-state index contributed by atoms with van der Waals surface area (Å²) in [5.41, 5.74) is 8.26. The zero-order valence-corrected chi connectivity index (χ0v) is 13.4. The molecule has 0 N–H and O–H groups in total. The summed E-state index contributed by atoms with van der Waals surface area (Å²) in [5.74, 6) is 0. The lowest BCUT2D eigenvalue weighted by Crippen LogP contribution is -2.17. The van der Waals surface area contributed by atoms with Gasteiger partial charge in [0, 0.05) is 0 Å². The summed E-state index contributed by atoms with van der Waals surface area (Å²) in [5, 5.41) is 2.74. The van der Waals surface area contributed by atoms with Crippen molar-refractivity contribution >= 4 is 10.8 Å². The first-order valence-electron chi connectivity index (χ1n) is 8.22. The average molecular weight is 294 g/mol. The van der Waals surface area contributed by atoms with Gasteiger partial charge in [-0.25, -0.2) is 0 Å². The lowest BCUT2D eigenvalue weighted by atomic mass is 9.78. The van der Waals surface area contributed by atoms with Crippen LogP contribution in [-0.4, -0.2) is 0 Å². The number of fused-ring (bicyclic) bond motifs is 7. The van der Waals surface area contributed by atoms with Crippen molar-refractivity contribution in [1.82, 2.24) is 0 Å². The van der Waals surface area contributed by atoms with E-state index in [1.54, 1.807) is 0 Å². The van der Waals surface area contributed by atoms with Crippen LogP contribution in [0.3, 0.4) is 0 Å². The summed E-state index contributed by atoms with van der Waals surface area (Å²) in [6.07, 6.45) is 9.08. The van der Waals surface area contributed by atoms with Crippen molar-refractivity contribution in [2.24, 2.45) is 0 Å². The van der Waals surface area contributed by atoms with Crippen molar-refractivity contribution in [2.45, 2.75) is 19.3 Å². The molecular weight excluding hydrogens is 276 g/mol. The van der Waals surface area contributed by atoms with E-state index in [0.29, 0.717) is 0 Å². The Hall–Kier alpha value is -2.60. The number of aryl methyl sites for hydroxylation is 2. The van der Waals surface area contributed by atoms with E-state index in [0.717, 1.165) is 0 Å². The molecule has 0 radical (unpaired) electrons. The fourth-order valence-corrected chi connectivity index (χ4v) is 4.37. The third-order valence-corrected chi connectivity index (χ3v) is 5.42. The second-order valence-corrected chi connectivity index (χ2v) is 6.80. The lowest BCUT2D eigenvalue weighted by Gasteiger charge is -2.23. The minimum Gasteiger partial charge on any atom is -0.0658 e. The molecule has 110 valence electrons. The molecule has 0 saturated carbocycles. The second-order valence-electron chi connectivity index (χ2n) is 6.80. The summed E-state index contributed by atoms with van der Waals surface area (Å²) >= 11 is 0. The van der Waals surface area contributed by atoms with Gasteiger partial charge in [0.15, 0.2) is 0 Å². The topological polar surface area (TPSA) is 0 Å². The average Bonchev–Trinajstić information content (AvgIpc) is 3.15. The third kappa shape index (κ3) is 1.51. The highest BCUT2D eigenvalue weighted by molar-refractivity contribution is 6.04. The molecule has 0 heteroatoms. The van der Waals surface area contributed by atoms with Gasteiger partial charge in [0.05, 0.1) is 5.41 Å². The molecule has 0 amide bonds. The van der Waals surface area contributed by atoms with Crippen LogP contribution in [0, 0.1) is 13.8 Å². The van der Waals surface area contributed by atoms with Gasteiger partial charge in [0.25, 0.3) is 0 Å². The lowest BCUT2D eigenvalue weighted by molar-refractivity contribution is 0.856. The van der Waals surface area contributed by atoms with E-state index in [1.165, 1.54) is 44.2 Å². The molecule has 3 aromatic carbocycles. The van der Waals surface area contributed by atoms with Gasteiger partial charge in [-0.3, -0.25) is 0 Å². The summed E-state index contributed by atoms with van der Waals surface area (Å²) in [4.78, 5) is 0. The maximum Gasteiger partial charge on any atom is 0.0581 e. The molecule has 5 rings (SSSR count). The fraction of sp³-hybridized carbons (Fsp3) is 0.130. The van der Waals surface area contributed by atoms with Crippen molar-refractivity contribution in [3.05, 3.63) is 95.1 Å². The molecule has 0 unspecified atom stereocenters. The maximum atomic E-state index is 2.40. The zero-order chi connectivity index (χ0) is 15.6. The van der Waals surface area contributed by atoms with Crippen LogP contribution in [0.15, 0.2) is 72.8 Å². The van der Waals surface area contributed by atoms with Gasteiger partial charge in [0.1, 0.15) is 0 Å². The zero-order valence-electron chi connectivity index (χ0n) is 13.4. The molecular formula is C23H18. The van der Waals surface area contributed by atoms with Crippen LogP contribution >= 0.6 is 0 Å². The molecule has 23 heavy (non-hydrogen) atoms. The summed E-state index contributed by atoms with van der Waals surface area (Å²) in [6, 6.07) is 18.1. The predicted octanol–water partition coefficient (Wildman–Crippen LogP) is 5.85. The molecule has 0 bridgehead atoms. The SMILES string of the molecule is Cc1ccc2c(c1)C1(C=CC=C1)c1cc(C)c3ccccc3c1-2. The molecule has 0 fully saturated rings. The summed E-state index contributed by atoms with van der Waals surface area (Å²) < 4.78 is 0. The predicted molar refractivity (Wildman–Crippen MR) is 97.9 cm³/mol. The Morgan fingerprint density at radius 3 is 2.26 bits per heavy atom. The Balaban J connectivity index is 2.02. The van der Waals surface area contributed by atoms with E-state index in [2.05, 4.69) is 86.7 Å². The van der Waals surface area contributed by atoms with Crippen LogP contribution in [0.4, 0.5) is 0 Å². The Labute approximate surface area is 136 Å². The number of allylic oxidation sites excluding steroid dienone is 4. The Bertz CT molecular complexity index is 1020. The minimum atomic E-state index is -0.0779. The molecule has 0 heterocycles. The van der Waals surface area contributed by atoms with Crippen LogP contribution in [0.2, 0.25) is 0 Å². The van der Waals surface area contributed by atoms with E-state index in [1.807, 2.05) is 0 Å². The highest BCUT2D eigenvalue weighted by Crippen LogP contribution is 2.54. The van der Waals surface area contributed by atoms with Crippen molar-refractivity contribution in [3.63, 3.8) is 0 Å². The number of hydrogen-bond acceptors (Lipinski definition) is 0. The highest BCUT2D eigenvalue weighted by Gasteiger charge is 2.41. The Morgan fingerprint density at radius 2 is 1.48 bits per heavy atom. The largest absolute Gasteiger partial charge is 0.0658 e. The molecule has 2 aliphatic carbocycles. The van der Waals surface area contributed by atoms with Gasteiger partial charge in [-0.15, -0.1) is 0 Å². The quantitative estimate of drug-likeness (QED) is 0.488. The van der Waals surface area contributed by atoms with Gasteiger partial charge < -0.3 is 0 Å². The first kappa shape index (κ1) is 12.9. The minimum absolute atomic E-state index is 0.0779. The Kier molecular flexibility index (Phi) is 2.37. The van der Waals surface area contributed by atoms with Gasteiger partial charge in [0.2, 0.25) is 0 Å². The van der Waals surface area contributed by atoms with E-state index in [-0.39, 0.29) is 5.41 Å². The third-order valence-electron chi connectivity index (χ3n) is 5.42. The normalized spacial score (nSPS) is 16.3. The monoisotopic (exact) mass is 294 g/mol. The van der Waals surface area contributed by atoms with Gasteiger partial charge in [-0.2, -0.15) is 0 Å².